The van der Waals surface area contributed by atoms with E-state index in [1.165, 1.54) is 0 Å². The fraction of sp³-hybridized carbons (Fsp3) is 0. The summed E-state index contributed by atoms with van der Waals surface area (Å²) in [4.78, 5) is 10.4. The minimum Gasteiger partial charge on any atom is -0.456 e. The van der Waals surface area contributed by atoms with Crippen LogP contribution in [0.25, 0.3) is 122 Å². The number of nitrogens with zero attached hydrogens (tertiary/aromatic N) is 2. The molecule has 0 unspecified atom stereocenters. The van der Waals surface area contributed by atoms with Crippen molar-refractivity contribution in [2.45, 2.75) is 0 Å². The fourth-order valence-corrected chi connectivity index (χ4v) is 8.93. The lowest BCUT2D eigenvalue weighted by Gasteiger charge is -2.13. The molecule has 0 atom stereocenters. The van der Waals surface area contributed by atoms with Crippen LogP contribution < -0.4 is 0 Å². The summed E-state index contributed by atoms with van der Waals surface area (Å²) in [5.41, 5.74) is 17.0. The van der Waals surface area contributed by atoms with Crippen molar-refractivity contribution in [3.05, 3.63) is 218 Å². The van der Waals surface area contributed by atoms with Gasteiger partial charge in [0.25, 0.3) is 0 Å². The lowest BCUT2D eigenvalue weighted by molar-refractivity contribution is 0.668. The van der Waals surface area contributed by atoms with E-state index in [4.69, 9.17) is 18.8 Å². The SMILES string of the molecule is c1ccc(-c2cc(-c3ccccc3)cc(-c3cc(-c4ccc(-c5ccc(-c6cccc7oc8ccccc8c67)c6oc7ccccc7c56)cc4)nc(-c4ccccc4)n3)c2)cc1. The standard InChI is InChI=1S/C58H36N2O2/c1-4-15-37(16-5-1)42-33-43(38-17-6-2-7-18-38)35-44(34-42)51-36-50(59-58(60-51)41-19-8-3-9-20-41)40-29-27-39(28-30-40)45-31-32-47(57-56(45)49-22-11-13-25-53(49)62-57)46-23-14-26-54-55(46)48-21-10-12-24-52(48)61-54/h1-36H. The summed E-state index contributed by atoms with van der Waals surface area (Å²) in [5, 5.41) is 4.34. The molecule has 4 heteroatoms. The van der Waals surface area contributed by atoms with Crippen molar-refractivity contribution in [3.8, 4) is 78.4 Å². The second-order valence-corrected chi connectivity index (χ2v) is 15.7. The maximum Gasteiger partial charge on any atom is 0.160 e. The molecule has 0 bridgehead atoms. The molecule has 0 fully saturated rings. The van der Waals surface area contributed by atoms with Crippen LogP contribution >= 0.6 is 0 Å². The van der Waals surface area contributed by atoms with E-state index in [9.17, 15) is 0 Å². The van der Waals surface area contributed by atoms with Gasteiger partial charge < -0.3 is 8.83 Å². The number of furan rings is 2. The Balaban J connectivity index is 0.998. The van der Waals surface area contributed by atoms with Crippen LogP contribution in [0.1, 0.15) is 0 Å². The third-order valence-electron chi connectivity index (χ3n) is 11.9. The van der Waals surface area contributed by atoms with Gasteiger partial charge in [-0.05, 0) is 87.5 Å². The maximum atomic E-state index is 6.77. The zero-order chi connectivity index (χ0) is 41.0. The first-order valence-corrected chi connectivity index (χ1v) is 20.9. The van der Waals surface area contributed by atoms with Gasteiger partial charge in [0.05, 0.1) is 11.4 Å². The Labute approximate surface area is 358 Å². The number of para-hydroxylation sites is 2. The molecule has 0 aliphatic rings. The predicted molar refractivity (Wildman–Crippen MR) is 255 cm³/mol. The summed E-state index contributed by atoms with van der Waals surface area (Å²) >= 11 is 0. The minimum atomic E-state index is 0.677. The van der Waals surface area contributed by atoms with Gasteiger partial charge in [0, 0.05) is 43.8 Å². The van der Waals surface area contributed by atoms with Gasteiger partial charge in [-0.25, -0.2) is 9.97 Å². The molecule has 12 aromatic rings. The topological polar surface area (TPSA) is 52.1 Å². The van der Waals surface area contributed by atoms with E-state index in [1.807, 2.05) is 42.5 Å². The van der Waals surface area contributed by atoms with E-state index in [1.54, 1.807) is 0 Å². The summed E-state index contributed by atoms with van der Waals surface area (Å²) in [6.07, 6.45) is 0. The van der Waals surface area contributed by atoms with E-state index in [-0.39, 0.29) is 0 Å². The molecular weight excluding hydrogens is 757 g/mol. The summed E-state index contributed by atoms with van der Waals surface area (Å²) in [7, 11) is 0. The summed E-state index contributed by atoms with van der Waals surface area (Å²) in [6, 6.07) is 76.2. The van der Waals surface area contributed by atoms with Crippen molar-refractivity contribution in [1.82, 2.24) is 9.97 Å². The average Bonchev–Trinajstić information content (AvgIpc) is 3.94. The van der Waals surface area contributed by atoms with Crippen molar-refractivity contribution < 1.29 is 8.83 Å². The molecular formula is C58H36N2O2. The van der Waals surface area contributed by atoms with E-state index >= 15 is 0 Å². The number of aromatic nitrogens is 2. The van der Waals surface area contributed by atoms with Gasteiger partial charge >= 0.3 is 0 Å². The van der Waals surface area contributed by atoms with E-state index in [2.05, 4.69) is 176 Å². The molecule has 0 aliphatic heterocycles. The quantitative estimate of drug-likeness (QED) is 0.161. The first-order valence-electron chi connectivity index (χ1n) is 20.9. The number of benzene rings is 9. The van der Waals surface area contributed by atoms with Crippen molar-refractivity contribution >= 4 is 43.9 Å². The largest absolute Gasteiger partial charge is 0.456 e. The molecule has 62 heavy (non-hydrogen) atoms. The van der Waals surface area contributed by atoms with Crippen molar-refractivity contribution in [2.75, 3.05) is 0 Å². The minimum absolute atomic E-state index is 0.677. The molecule has 0 radical (unpaired) electrons. The Kier molecular flexibility index (Phi) is 8.46. The second-order valence-electron chi connectivity index (χ2n) is 15.7. The Hall–Kier alpha value is -8.34. The first-order chi connectivity index (χ1) is 30.7. The first kappa shape index (κ1) is 35.6. The molecule has 0 N–H and O–H groups in total. The smallest absolute Gasteiger partial charge is 0.160 e. The summed E-state index contributed by atoms with van der Waals surface area (Å²) in [6.45, 7) is 0. The van der Waals surface area contributed by atoms with Crippen LogP contribution in [0, 0.1) is 0 Å². The van der Waals surface area contributed by atoms with Crippen LogP contribution in [0.3, 0.4) is 0 Å². The molecule has 0 aliphatic carbocycles. The molecule has 12 rings (SSSR count). The zero-order valence-electron chi connectivity index (χ0n) is 33.5. The van der Waals surface area contributed by atoms with Crippen LogP contribution in [-0.4, -0.2) is 9.97 Å². The van der Waals surface area contributed by atoms with Gasteiger partial charge in [-0.15, -0.1) is 0 Å². The normalized spacial score (nSPS) is 11.5. The molecule has 0 saturated heterocycles. The van der Waals surface area contributed by atoms with Crippen LogP contribution in [0.5, 0.6) is 0 Å². The molecule has 0 saturated carbocycles. The summed E-state index contributed by atoms with van der Waals surface area (Å²) < 4.78 is 13.1. The van der Waals surface area contributed by atoms with Crippen LogP contribution in [0.15, 0.2) is 227 Å². The molecule has 0 spiro atoms. The zero-order valence-corrected chi connectivity index (χ0v) is 33.5. The predicted octanol–water partition coefficient (Wildman–Crippen LogP) is 15.9. The third-order valence-corrected chi connectivity index (χ3v) is 11.9. The Morgan fingerprint density at radius 2 is 0.774 bits per heavy atom. The number of fused-ring (bicyclic) bond motifs is 6. The van der Waals surface area contributed by atoms with Crippen LogP contribution in [0.4, 0.5) is 0 Å². The van der Waals surface area contributed by atoms with Gasteiger partial charge in [-0.3, -0.25) is 0 Å². The highest BCUT2D eigenvalue weighted by atomic mass is 16.3. The number of hydrogen-bond donors (Lipinski definition) is 0. The Bertz CT molecular complexity index is 3550. The molecule has 290 valence electrons. The number of hydrogen-bond acceptors (Lipinski definition) is 4. The van der Waals surface area contributed by atoms with E-state index in [0.717, 1.165) is 116 Å². The molecule has 4 nitrogen and oxygen atoms in total. The highest BCUT2D eigenvalue weighted by Gasteiger charge is 2.21. The number of rotatable bonds is 7. The molecule has 9 aromatic carbocycles. The third kappa shape index (κ3) is 6.16. The van der Waals surface area contributed by atoms with Crippen LogP contribution in [-0.2, 0) is 0 Å². The molecule has 3 heterocycles. The highest BCUT2D eigenvalue weighted by molar-refractivity contribution is 6.20. The van der Waals surface area contributed by atoms with Gasteiger partial charge in [0.1, 0.15) is 22.3 Å². The van der Waals surface area contributed by atoms with Gasteiger partial charge in [-0.2, -0.15) is 0 Å². The highest BCUT2D eigenvalue weighted by Crippen LogP contribution is 2.45. The Morgan fingerprint density at radius 1 is 0.274 bits per heavy atom. The van der Waals surface area contributed by atoms with Crippen molar-refractivity contribution in [3.63, 3.8) is 0 Å². The van der Waals surface area contributed by atoms with Crippen molar-refractivity contribution in [1.29, 1.82) is 0 Å². The van der Waals surface area contributed by atoms with Crippen LogP contribution in [0.2, 0.25) is 0 Å². The Morgan fingerprint density at radius 3 is 1.44 bits per heavy atom. The lowest BCUT2D eigenvalue weighted by atomic mass is 9.92. The molecule has 3 aromatic heterocycles. The second kappa shape index (κ2) is 14.7. The van der Waals surface area contributed by atoms with E-state index < -0.39 is 0 Å². The lowest BCUT2D eigenvalue weighted by Crippen LogP contribution is -1.96. The summed E-state index contributed by atoms with van der Waals surface area (Å²) in [5.74, 6) is 0.677. The maximum absolute atomic E-state index is 6.77. The van der Waals surface area contributed by atoms with Crippen molar-refractivity contribution in [2.24, 2.45) is 0 Å². The van der Waals surface area contributed by atoms with Gasteiger partial charge in [-0.1, -0.05) is 170 Å². The fourth-order valence-electron chi connectivity index (χ4n) is 8.93. The molecule has 0 amide bonds. The average molecular weight is 793 g/mol. The van der Waals surface area contributed by atoms with Gasteiger partial charge in [0.2, 0.25) is 0 Å². The van der Waals surface area contributed by atoms with E-state index in [0.29, 0.717) is 5.82 Å². The monoisotopic (exact) mass is 792 g/mol. The van der Waals surface area contributed by atoms with Gasteiger partial charge in [0.15, 0.2) is 5.82 Å².